The van der Waals surface area contributed by atoms with E-state index < -0.39 is 23.3 Å². The zero-order chi connectivity index (χ0) is 28.9. The Kier molecular flexibility index (Phi) is 6.85. The largest absolute Gasteiger partial charge is 0.434 e. The van der Waals surface area contributed by atoms with Crippen LogP contribution in [0.4, 0.5) is 13.2 Å². The number of halogens is 4. The fraction of sp³-hybridized carbons (Fsp3) is 0.310. The van der Waals surface area contributed by atoms with Crippen LogP contribution in [0.15, 0.2) is 59.8 Å². The first-order chi connectivity index (χ1) is 19.6. The second-order valence-corrected chi connectivity index (χ2v) is 11.0. The predicted octanol–water partition coefficient (Wildman–Crippen LogP) is 6.03. The smallest absolute Gasteiger partial charge is 0.349 e. The van der Waals surface area contributed by atoms with Gasteiger partial charge >= 0.3 is 11.9 Å². The van der Waals surface area contributed by atoms with Crippen molar-refractivity contribution in [2.75, 3.05) is 0 Å². The van der Waals surface area contributed by atoms with Crippen molar-refractivity contribution in [3.05, 3.63) is 87.3 Å². The van der Waals surface area contributed by atoms with Crippen LogP contribution in [0.3, 0.4) is 0 Å². The highest BCUT2D eigenvalue weighted by Gasteiger charge is 2.38. The number of para-hydroxylation sites is 2. The molecule has 6 rings (SSSR count). The van der Waals surface area contributed by atoms with E-state index in [-0.39, 0.29) is 22.7 Å². The first kappa shape index (κ1) is 27.1. The molecular formula is C29H26ClF3N6O2. The van der Waals surface area contributed by atoms with Gasteiger partial charge in [-0.2, -0.15) is 13.2 Å². The Morgan fingerprint density at radius 3 is 2.56 bits per heavy atom. The molecule has 1 aliphatic carbocycles. The van der Waals surface area contributed by atoms with E-state index in [1.165, 1.54) is 0 Å². The number of nitrogens with zero attached hydrogens (tertiary/aromatic N) is 4. The number of H-pyrrole nitrogens is 1. The molecule has 0 bridgehead atoms. The molecule has 8 nitrogen and oxygen atoms in total. The van der Waals surface area contributed by atoms with Crippen LogP contribution in [0.25, 0.3) is 27.8 Å². The molecule has 1 fully saturated rings. The van der Waals surface area contributed by atoms with Crippen molar-refractivity contribution >= 4 is 39.6 Å². The Bertz CT molecular complexity index is 1830. The molecule has 2 N–H and O–H groups in total. The van der Waals surface area contributed by atoms with Crippen LogP contribution in [0.2, 0.25) is 5.02 Å². The maximum atomic E-state index is 13.8. The first-order valence-corrected chi connectivity index (χ1v) is 13.7. The molecule has 0 atom stereocenters. The molecule has 1 amide bonds. The lowest BCUT2D eigenvalue weighted by Crippen LogP contribution is -2.39. The lowest BCUT2D eigenvalue weighted by Gasteiger charge is -2.29. The summed E-state index contributed by atoms with van der Waals surface area (Å²) in [5.74, 6) is -0.690. The van der Waals surface area contributed by atoms with Crippen LogP contribution in [-0.4, -0.2) is 36.0 Å². The quantitative estimate of drug-likeness (QED) is 0.264. The van der Waals surface area contributed by atoms with Crippen molar-refractivity contribution in [3.63, 3.8) is 0 Å². The van der Waals surface area contributed by atoms with Gasteiger partial charge in [0.25, 0.3) is 5.91 Å². The number of carbonyl (C=O) groups excluding carboxylic acids is 1. The van der Waals surface area contributed by atoms with Crippen LogP contribution in [0.5, 0.6) is 0 Å². The van der Waals surface area contributed by atoms with Crippen molar-refractivity contribution in [2.45, 2.75) is 51.4 Å². The van der Waals surface area contributed by atoms with E-state index in [2.05, 4.69) is 20.3 Å². The Balaban J connectivity index is 1.19. The molecule has 41 heavy (non-hydrogen) atoms. The number of rotatable bonds is 5. The van der Waals surface area contributed by atoms with Gasteiger partial charge in [-0.3, -0.25) is 13.9 Å². The van der Waals surface area contributed by atoms with Crippen molar-refractivity contribution in [2.24, 2.45) is 5.92 Å². The van der Waals surface area contributed by atoms with Crippen LogP contribution in [0, 0.1) is 12.8 Å². The zero-order valence-electron chi connectivity index (χ0n) is 22.0. The SMILES string of the molecule is Cc1c[nH]c2ncc(-n3c(=O)n(CC4CCC(NC(=O)c5cc(Cl)cnc5C(F)(F)F)CC4)c4ccccc43)cc12. The third-order valence-electron chi connectivity index (χ3n) is 7.81. The van der Waals surface area contributed by atoms with Crippen molar-refractivity contribution in [1.82, 2.24) is 29.4 Å². The van der Waals surface area contributed by atoms with Gasteiger partial charge in [0.15, 0.2) is 5.69 Å². The van der Waals surface area contributed by atoms with Gasteiger partial charge in [0.1, 0.15) is 5.65 Å². The number of hydrogen-bond acceptors (Lipinski definition) is 4. The van der Waals surface area contributed by atoms with E-state index in [0.717, 1.165) is 39.9 Å². The predicted molar refractivity (Wildman–Crippen MR) is 149 cm³/mol. The lowest BCUT2D eigenvalue weighted by atomic mass is 9.85. The summed E-state index contributed by atoms with van der Waals surface area (Å²) in [6, 6.07) is 10.3. The highest BCUT2D eigenvalue weighted by Crippen LogP contribution is 2.32. The summed E-state index contributed by atoms with van der Waals surface area (Å²) < 4.78 is 43.6. The van der Waals surface area contributed by atoms with Gasteiger partial charge in [-0.05, 0) is 68.4 Å². The minimum absolute atomic E-state index is 0.0459. The molecule has 5 aromatic rings. The van der Waals surface area contributed by atoms with Gasteiger partial charge in [0.2, 0.25) is 0 Å². The highest BCUT2D eigenvalue weighted by atomic mass is 35.5. The van der Waals surface area contributed by atoms with Crippen LogP contribution >= 0.6 is 11.6 Å². The Morgan fingerprint density at radius 1 is 1.10 bits per heavy atom. The summed E-state index contributed by atoms with van der Waals surface area (Å²) in [6.45, 7) is 2.47. The number of benzene rings is 1. The van der Waals surface area contributed by atoms with E-state index in [9.17, 15) is 22.8 Å². The molecule has 4 heterocycles. The van der Waals surface area contributed by atoms with Gasteiger partial charge < -0.3 is 10.3 Å². The molecule has 0 spiro atoms. The monoisotopic (exact) mass is 582 g/mol. The molecule has 212 valence electrons. The molecule has 1 aromatic carbocycles. The normalized spacial score (nSPS) is 17.8. The van der Waals surface area contributed by atoms with Gasteiger partial charge in [0.05, 0.1) is 33.5 Å². The number of aromatic nitrogens is 5. The molecule has 0 unspecified atom stereocenters. The van der Waals surface area contributed by atoms with E-state index in [4.69, 9.17) is 11.6 Å². The average molecular weight is 583 g/mol. The van der Waals surface area contributed by atoms with E-state index in [0.29, 0.717) is 37.9 Å². The number of amides is 1. The lowest BCUT2D eigenvalue weighted by molar-refractivity contribution is -0.141. The number of alkyl halides is 3. The van der Waals surface area contributed by atoms with Gasteiger partial charge in [-0.1, -0.05) is 23.7 Å². The van der Waals surface area contributed by atoms with E-state index in [1.807, 2.05) is 43.5 Å². The van der Waals surface area contributed by atoms with Crippen LogP contribution in [-0.2, 0) is 12.7 Å². The summed E-state index contributed by atoms with van der Waals surface area (Å²) in [5.41, 5.74) is 2.06. The number of pyridine rings is 2. The number of aromatic amines is 1. The summed E-state index contributed by atoms with van der Waals surface area (Å²) in [4.78, 5) is 37.5. The molecule has 0 radical (unpaired) electrons. The van der Waals surface area contributed by atoms with Crippen molar-refractivity contribution in [1.29, 1.82) is 0 Å². The maximum Gasteiger partial charge on any atom is 0.434 e. The van der Waals surface area contributed by atoms with Crippen LogP contribution < -0.4 is 11.0 Å². The highest BCUT2D eigenvalue weighted by molar-refractivity contribution is 6.30. The topological polar surface area (TPSA) is 97.6 Å². The molecule has 12 heteroatoms. The molecule has 4 aromatic heterocycles. The second kappa shape index (κ2) is 10.4. The second-order valence-electron chi connectivity index (χ2n) is 10.5. The summed E-state index contributed by atoms with van der Waals surface area (Å²) in [7, 11) is 0. The molecule has 1 aliphatic rings. The number of nitrogens with one attached hydrogen (secondary N) is 2. The fourth-order valence-corrected chi connectivity index (χ4v) is 5.89. The Morgan fingerprint density at radius 2 is 1.83 bits per heavy atom. The molecule has 0 saturated heterocycles. The van der Waals surface area contributed by atoms with E-state index >= 15 is 0 Å². The third-order valence-corrected chi connectivity index (χ3v) is 8.01. The minimum Gasteiger partial charge on any atom is -0.349 e. The number of hydrogen-bond donors (Lipinski definition) is 2. The number of imidazole rings is 1. The third kappa shape index (κ3) is 5.10. The average Bonchev–Trinajstić information content (AvgIpc) is 3.45. The summed E-state index contributed by atoms with van der Waals surface area (Å²) >= 11 is 5.83. The first-order valence-electron chi connectivity index (χ1n) is 13.3. The maximum absolute atomic E-state index is 13.8. The van der Waals surface area contributed by atoms with Crippen LogP contribution in [0.1, 0.15) is 47.3 Å². The molecule has 0 aliphatic heterocycles. The van der Waals surface area contributed by atoms with Gasteiger partial charge in [-0.15, -0.1) is 0 Å². The summed E-state index contributed by atoms with van der Waals surface area (Å²) in [5, 5.41) is 3.62. The molecule has 1 saturated carbocycles. The summed E-state index contributed by atoms with van der Waals surface area (Å²) in [6.07, 6.45) is 2.22. The van der Waals surface area contributed by atoms with E-state index in [1.54, 1.807) is 15.3 Å². The van der Waals surface area contributed by atoms with Gasteiger partial charge in [0, 0.05) is 30.4 Å². The van der Waals surface area contributed by atoms with Gasteiger partial charge in [-0.25, -0.2) is 14.8 Å². The fourth-order valence-electron chi connectivity index (χ4n) is 5.73. The Hall–Kier alpha value is -4.12. The Labute approximate surface area is 237 Å². The molecular weight excluding hydrogens is 557 g/mol. The number of aryl methyl sites for hydroxylation is 1. The standard InChI is InChI=1S/C29H26ClF3N6O2/c1-16-12-35-26-21(16)11-20(14-36-26)39-24-5-3-2-4-23(24)38(28(39)41)15-17-6-8-19(9-7-17)37-27(40)22-10-18(30)13-34-25(22)29(31,32)33/h2-5,10-14,17,19H,6-9,15H2,1H3,(H,35,36)(H,37,40). The minimum atomic E-state index is -4.77. The number of fused-ring (bicyclic) bond motifs is 2. The van der Waals surface area contributed by atoms with Crippen molar-refractivity contribution in [3.8, 4) is 5.69 Å². The van der Waals surface area contributed by atoms with Crippen molar-refractivity contribution < 1.29 is 18.0 Å². The number of carbonyl (C=O) groups is 1. The zero-order valence-corrected chi connectivity index (χ0v) is 22.8.